The van der Waals surface area contributed by atoms with Gasteiger partial charge in [0.05, 0.1) is 5.92 Å². The summed E-state index contributed by atoms with van der Waals surface area (Å²) in [4.78, 5) is 10.9. The van der Waals surface area contributed by atoms with Gasteiger partial charge in [-0.15, -0.1) is 0 Å². The Morgan fingerprint density at radius 3 is 2.24 bits per heavy atom. The van der Waals surface area contributed by atoms with Gasteiger partial charge in [0.25, 0.3) is 0 Å². The molecule has 0 aliphatic heterocycles. The molecule has 2 aliphatic rings. The van der Waals surface area contributed by atoms with Crippen molar-refractivity contribution in [2.24, 2.45) is 5.92 Å². The Morgan fingerprint density at radius 2 is 1.67 bits per heavy atom. The van der Waals surface area contributed by atoms with Crippen LogP contribution in [0.4, 0.5) is 0 Å². The second-order valence-electron chi connectivity index (χ2n) is 6.47. The summed E-state index contributed by atoms with van der Waals surface area (Å²) < 4.78 is 0. The van der Waals surface area contributed by atoms with Gasteiger partial charge in [0.15, 0.2) is 0 Å². The van der Waals surface area contributed by atoms with E-state index in [1.165, 1.54) is 18.4 Å². The third-order valence-corrected chi connectivity index (χ3v) is 5.28. The fraction of sp³-hybridized carbons (Fsp3) is 0.588. The zero-order chi connectivity index (χ0) is 14.8. The van der Waals surface area contributed by atoms with E-state index in [9.17, 15) is 4.79 Å². The van der Waals surface area contributed by atoms with E-state index in [0.717, 1.165) is 30.7 Å². The molecule has 3 nitrogen and oxygen atoms in total. The van der Waals surface area contributed by atoms with Gasteiger partial charge in [-0.2, -0.15) is 0 Å². The van der Waals surface area contributed by atoms with E-state index in [1.54, 1.807) is 0 Å². The zero-order valence-electron chi connectivity index (χ0n) is 12.1. The van der Waals surface area contributed by atoms with E-state index in [-0.39, 0.29) is 5.92 Å². The standard InChI is InChI=1S/C17H22ClNO2/c18-14-5-1-11(2-6-14)13-9-16(10-13)19-15-7-3-12(4-8-15)17(20)21/h1-2,5-6,12-13,15-16,19H,3-4,7-10H2,(H,20,21). The van der Waals surface area contributed by atoms with Gasteiger partial charge in [0.2, 0.25) is 0 Å². The van der Waals surface area contributed by atoms with Crippen LogP contribution in [0.15, 0.2) is 24.3 Å². The summed E-state index contributed by atoms with van der Waals surface area (Å²) in [5.41, 5.74) is 1.38. The minimum atomic E-state index is -0.625. The number of halogens is 1. The van der Waals surface area contributed by atoms with Crippen LogP contribution in [0.3, 0.4) is 0 Å². The lowest BCUT2D eigenvalue weighted by Crippen LogP contribution is -2.47. The summed E-state index contributed by atoms with van der Waals surface area (Å²) in [5, 5.41) is 13.5. The van der Waals surface area contributed by atoms with Gasteiger partial charge in [-0.1, -0.05) is 23.7 Å². The zero-order valence-corrected chi connectivity index (χ0v) is 12.9. The Morgan fingerprint density at radius 1 is 1.05 bits per heavy atom. The highest BCUT2D eigenvalue weighted by Crippen LogP contribution is 2.38. The van der Waals surface area contributed by atoms with E-state index in [0.29, 0.717) is 18.0 Å². The van der Waals surface area contributed by atoms with Crippen LogP contribution < -0.4 is 5.32 Å². The number of nitrogens with one attached hydrogen (secondary N) is 1. The van der Waals surface area contributed by atoms with Crippen LogP contribution in [0.25, 0.3) is 0 Å². The smallest absolute Gasteiger partial charge is 0.306 e. The van der Waals surface area contributed by atoms with Gasteiger partial charge in [0.1, 0.15) is 0 Å². The highest BCUT2D eigenvalue weighted by Gasteiger charge is 2.33. The van der Waals surface area contributed by atoms with Crippen LogP contribution >= 0.6 is 11.6 Å². The number of carbonyl (C=O) groups is 1. The Labute approximate surface area is 130 Å². The lowest BCUT2D eigenvalue weighted by atomic mass is 9.75. The lowest BCUT2D eigenvalue weighted by molar-refractivity contribution is -0.142. The summed E-state index contributed by atoms with van der Waals surface area (Å²) in [7, 11) is 0. The minimum absolute atomic E-state index is 0.119. The maximum absolute atomic E-state index is 10.9. The van der Waals surface area contributed by atoms with Crippen molar-refractivity contribution in [1.29, 1.82) is 0 Å². The Bertz CT molecular complexity index is 488. The molecule has 114 valence electrons. The molecular formula is C17H22ClNO2. The molecule has 0 heterocycles. The molecule has 0 unspecified atom stereocenters. The molecule has 0 aromatic heterocycles. The lowest BCUT2D eigenvalue weighted by Gasteiger charge is -2.40. The third-order valence-electron chi connectivity index (χ3n) is 5.03. The van der Waals surface area contributed by atoms with Crippen molar-refractivity contribution < 1.29 is 9.90 Å². The van der Waals surface area contributed by atoms with Crippen molar-refractivity contribution in [3.63, 3.8) is 0 Å². The average molecular weight is 308 g/mol. The Balaban J connectivity index is 1.41. The van der Waals surface area contributed by atoms with E-state index < -0.39 is 5.97 Å². The van der Waals surface area contributed by atoms with E-state index in [1.807, 2.05) is 12.1 Å². The largest absolute Gasteiger partial charge is 0.481 e. The predicted octanol–water partition coefficient (Wildman–Crippen LogP) is 3.82. The minimum Gasteiger partial charge on any atom is -0.481 e. The quantitative estimate of drug-likeness (QED) is 0.889. The Kier molecular flexibility index (Phi) is 4.51. The molecule has 21 heavy (non-hydrogen) atoms. The summed E-state index contributed by atoms with van der Waals surface area (Å²) in [6.45, 7) is 0. The molecule has 0 atom stereocenters. The maximum Gasteiger partial charge on any atom is 0.306 e. The van der Waals surface area contributed by atoms with Crippen molar-refractivity contribution in [1.82, 2.24) is 5.32 Å². The number of rotatable bonds is 4. The molecule has 0 radical (unpaired) electrons. The molecule has 1 aromatic rings. The molecule has 2 saturated carbocycles. The summed E-state index contributed by atoms with van der Waals surface area (Å²) in [6.07, 6.45) is 6.00. The van der Waals surface area contributed by atoms with Crippen LogP contribution in [0.5, 0.6) is 0 Å². The van der Waals surface area contributed by atoms with Crippen LogP contribution in [0.1, 0.15) is 50.0 Å². The summed E-state index contributed by atoms with van der Waals surface area (Å²) in [6, 6.07) is 9.28. The van der Waals surface area contributed by atoms with Crippen LogP contribution in [0.2, 0.25) is 5.02 Å². The molecule has 1 aromatic carbocycles. The van der Waals surface area contributed by atoms with E-state index in [2.05, 4.69) is 17.4 Å². The van der Waals surface area contributed by atoms with Crippen molar-refractivity contribution >= 4 is 17.6 Å². The van der Waals surface area contributed by atoms with E-state index >= 15 is 0 Å². The van der Waals surface area contributed by atoms with Gasteiger partial charge < -0.3 is 10.4 Å². The molecule has 2 aliphatic carbocycles. The highest BCUT2D eigenvalue weighted by molar-refractivity contribution is 6.30. The first-order valence-electron chi connectivity index (χ1n) is 7.86. The van der Waals surface area contributed by atoms with Gasteiger partial charge in [0, 0.05) is 17.1 Å². The van der Waals surface area contributed by atoms with Gasteiger partial charge in [-0.3, -0.25) is 4.79 Å². The molecule has 0 bridgehead atoms. The van der Waals surface area contributed by atoms with Gasteiger partial charge in [-0.25, -0.2) is 0 Å². The van der Waals surface area contributed by atoms with Gasteiger partial charge >= 0.3 is 5.97 Å². The molecule has 0 saturated heterocycles. The highest BCUT2D eigenvalue weighted by atomic mass is 35.5. The molecular weight excluding hydrogens is 286 g/mol. The third kappa shape index (κ3) is 3.58. The van der Waals surface area contributed by atoms with Crippen LogP contribution in [-0.2, 0) is 4.79 Å². The Hall–Kier alpha value is -1.06. The van der Waals surface area contributed by atoms with Crippen molar-refractivity contribution in [2.75, 3.05) is 0 Å². The predicted molar refractivity (Wildman–Crippen MR) is 83.7 cm³/mol. The molecule has 0 spiro atoms. The molecule has 2 N–H and O–H groups in total. The van der Waals surface area contributed by atoms with Crippen molar-refractivity contribution in [3.05, 3.63) is 34.9 Å². The van der Waals surface area contributed by atoms with Crippen LogP contribution in [-0.4, -0.2) is 23.2 Å². The fourth-order valence-electron chi connectivity index (χ4n) is 3.60. The normalized spacial score (nSPS) is 32.4. The monoisotopic (exact) mass is 307 g/mol. The second kappa shape index (κ2) is 6.37. The number of aliphatic carboxylic acids is 1. The first-order valence-corrected chi connectivity index (χ1v) is 8.24. The molecule has 4 heteroatoms. The number of benzene rings is 1. The number of carboxylic acid groups (broad SMARTS) is 1. The maximum atomic E-state index is 10.9. The molecule has 0 amide bonds. The van der Waals surface area contributed by atoms with Crippen molar-refractivity contribution in [3.8, 4) is 0 Å². The fourth-order valence-corrected chi connectivity index (χ4v) is 3.73. The first-order chi connectivity index (χ1) is 10.1. The number of hydrogen-bond donors (Lipinski definition) is 2. The van der Waals surface area contributed by atoms with Crippen LogP contribution in [0, 0.1) is 5.92 Å². The topological polar surface area (TPSA) is 49.3 Å². The van der Waals surface area contributed by atoms with Gasteiger partial charge in [-0.05, 0) is 62.1 Å². The number of carboxylic acids is 1. The summed E-state index contributed by atoms with van der Waals surface area (Å²) >= 11 is 5.91. The second-order valence-corrected chi connectivity index (χ2v) is 6.91. The van der Waals surface area contributed by atoms with Crippen molar-refractivity contribution in [2.45, 2.75) is 56.5 Å². The SMILES string of the molecule is O=C(O)C1CCC(NC2CC(c3ccc(Cl)cc3)C2)CC1. The van der Waals surface area contributed by atoms with E-state index in [4.69, 9.17) is 16.7 Å². The molecule has 2 fully saturated rings. The summed E-state index contributed by atoms with van der Waals surface area (Å²) in [5.74, 6) is -0.0960. The first kappa shape index (κ1) is 14.9. The average Bonchev–Trinajstić information content (AvgIpc) is 2.44. The molecule has 3 rings (SSSR count). The number of hydrogen-bond acceptors (Lipinski definition) is 2.